The molecule has 0 spiro atoms. The fourth-order valence-electron chi connectivity index (χ4n) is 2.04. The number of imidazole rings is 1. The summed E-state index contributed by atoms with van der Waals surface area (Å²) in [4.78, 5) is 4.65. The van der Waals surface area contributed by atoms with E-state index in [0.29, 0.717) is 0 Å². The first-order valence-electron chi connectivity index (χ1n) is 5.92. The molecule has 0 radical (unpaired) electrons. The minimum atomic E-state index is 0. The van der Waals surface area contributed by atoms with Crippen LogP contribution in [0.1, 0.15) is 26.1 Å². The molecule has 0 aliphatic carbocycles. The van der Waals surface area contributed by atoms with E-state index < -0.39 is 0 Å². The smallest absolute Gasteiger partial charge is 0.111 e. The molecule has 4 heteroatoms. The normalized spacial score (nSPS) is 12.4. The summed E-state index contributed by atoms with van der Waals surface area (Å²) in [6, 6.07) is 8.44. The average Bonchev–Trinajstić information content (AvgIpc) is 2.57. The molecule has 1 aromatic carbocycles. The summed E-state index contributed by atoms with van der Waals surface area (Å²) in [5.41, 5.74) is 8.16. The maximum absolute atomic E-state index is 5.86. The van der Waals surface area contributed by atoms with Crippen molar-refractivity contribution in [1.29, 1.82) is 0 Å². The third kappa shape index (κ3) is 2.99. The Morgan fingerprint density at radius 2 is 2.06 bits per heavy atom. The number of nitrogens with zero attached hydrogens (tertiary/aromatic N) is 2. The highest BCUT2D eigenvalue weighted by Gasteiger charge is 2.10. The van der Waals surface area contributed by atoms with Crippen molar-refractivity contribution in [2.75, 3.05) is 0 Å². The van der Waals surface area contributed by atoms with Crippen LogP contribution in [0.5, 0.6) is 0 Å². The number of hydrogen-bond acceptors (Lipinski definition) is 2. The van der Waals surface area contributed by atoms with Gasteiger partial charge in [0, 0.05) is 19.0 Å². The van der Waals surface area contributed by atoms with Crippen LogP contribution in [-0.2, 0) is 13.0 Å². The molecule has 0 amide bonds. The van der Waals surface area contributed by atoms with Gasteiger partial charge in [-0.2, -0.15) is 0 Å². The van der Waals surface area contributed by atoms with Crippen LogP contribution >= 0.6 is 12.4 Å². The first-order valence-corrected chi connectivity index (χ1v) is 5.92. The van der Waals surface area contributed by atoms with Gasteiger partial charge >= 0.3 is 0 Å². The maximum Gasteiger partial charge on any atom is 0.111 e. The van der Waals surface area contributed by atoms with Gasteiger partial charge in [-0.1, -0.05) is 19.1 Å². The van der Waals surface area contributed by atoms with E-state index in [4.69, 9.17) is 5.73 Å². The summed E-state index contributed by atoms with van der Waals surface area (Å²) in [6.45, 7) is 5.22. The lowest BCUT2D eigenvalue weighted by molar-refractivity contribution is 0.616. The fourth-order valence-corrected chi connectivity index (χ4v) is 2.04. The van der Waals surface area contributed by atoms with Crippen molar-refractivity contribution in [3.05, 3.63) is 30.1 Å². The monoisotopic (exact) mass is 253 g/mol. The van der Waals surface area contributed by atoms with Crippen molar-refractivity contribution in [2.24, 2.45) is 5.73 Å². The van der Waals surface area contributed by atoms with E-state index in [9.17, 15) is 0 Å². The molecule has 0 bridgehead atoms. The van der Waals surface area contributed by atoms with Gasteiger partial charge in [-0.15, -0.1) is 12.4 Å². The van der Waals surface area contributed by atoms with E-state index in [-0.39, 0.29) is 18.4 Å². The van der Waals surface area contributed by atoms with E-state index in [0.717, 1.165) is 30.7 Å². The second kappa shape index (κ2) is 6.03. The topological polar surface area (TPSA) is 43.8 Å². The number of halogens is 1. The van der Waals surface area contributed by atoms with Crippen LogP contribution in [-0.4, -0.2) is 15.6 Å². The molecular formula is C13H20ClN3. The Morgan fingerprint density at radius 3 is 2.71 bits per heavy atom. The van der Waals surface area contributed by atoms with Crippen LogP contribution in [0.2, 0.25) is 0 Å². The summed E-state index contributed by atoms with van der Waals surface area (Å²) in [6.07, 6.45) is 1.96. The first-order chi connectivity index (χ1) is 7.72. The number of para-hydroxylation sites is 2. The van der Waals surface area contributed by atoms with Gasteiger partial charge in [0.25, 0.3) is 0 Å². The van der Waals surface area contributed by atoms with Crippen LogP contribution in [0.15, 0.2) is 24.3 Å². The Morgan fingerprint density at radius 1 is 1.35 bits per heavy atom. The second-order valence-electron chi connectivity index (χ2n) is 4.35. The van der Waals surface area contributed by atoms with Crippen LogP contribution in [0, 0.1) is 0 Å². The van der Waals surface area contributed by atoms with Crippen LogP contribution in [0.25, 0.3) is 11.0 Å². The van der Waals surface area contributed by atoms with Gasteiger partial charge in [-0.05, 0) is 25.5 Å². The Labute approximate surface area is 108 Å². The number of rotatable bonds is 4. The third-order valence-electron chi connectivity index (χ3n) is 2.69. The molecule has 94 valence electrons. The van der Waals surface area contributed by atoms with Crippen molar-refractivity contribution >= 4 is 23.4 Å². The maximum atomic E-state index is 5.86. The van der Waals surface area contributed by atoms with E-state index in [1.165, 1.54) is 5.52 Å². The van der Waals surface area contributed by atoms with E-state index in [2.05, 4.69) is 34.7 Å². The largest absolute Gasteiger partial charge is 0.328 e. The van der Waals surface area contributed by atoms with Gasteiger partial charge in [0.1, 0.15) is 5.82 Å². The lowest BCUT2D eigenvalue weighted by atomic mass is 10.2. The predicted octanol–water partition coefficient (Wildman–Crippen LogP) is 2.76. The van der Waals surface area contributed by atoms with Crippen LogP contribution < -0.4 is 5.73 Å². The predicted molar refractivity (Wildman–Crippen MR) is 74.6 cm³/mol. The molecule has 0 aliphatic rings. The molecule has 2 rings (SSSR count). The lowest BCUT2D eigenvalue weighted by Crippen LogP contribution is -2.20. The molecule has 3 nitrogen and oxygen atoms in total. The Balaban J connectivity index is 0.00000144. The van der Waals surface area contributed by atoms with E-state index in [1.54, 1.807) is 0 Å². The van der Waals surface area contributed by atoms with E-state index >= 15 is 0 Å². The molecule has 17 heavy (non-hydrogen) atoms. The highest BCUT2D eigenvalue weighted by molar-refractivity contribution is 5.85. The lowest BCUT2D eigenvalue weighted by Gasteiger charge is -2.09. The summed E-state index contributed by atoms with van der Waals surface area (Å²) in [5.74, 6) is 1.11. The summed E-state index contributed by atoms with van der Waals surface area (Å²) >= 11 is 0. The zero-order chi connectivity index (χ0) is 11.5. The molecule has 0 saturated heterocycles. The van der Waals surface area contributed by atoms with Gasteiger partial charge in [-0.3, -0.25) is 0 Å². The van der Waals surface area contributed by atoms with Crippen molar-refractivity contribution in [1.82, 2.24) is 9.55 Å². The number of aromatic nitrogens is 2. The Hall–Kier alpha value is -1.06. The Kier molecular flexibility index (Phi) is 4.97. The minimum absolute atomic E-state index is 0. The number of nitrogens with two attached hydrogens (primary N) is 1. The standard InChI is InChI=1S/C13H19N3.ClH/c1-3-8-16-12-7-5-4-6-11(12)15-13(16)9-10(2)14;/h4-7,10H,3,8-9,14H2,1-2H3;1H. The molecule has 1 aromatic heterocycles. The van der Waals surface area contributed by atoms with Crippen molar-refractivity contribution in [3.63, 3.8) is 0 Å². The minimum Gasteiger partial charge on any atom is -0.328 e. The third-order valence-corrected chi connectivity index (χ3v) is 2.69. The second-order valence-corrected chi connectivity index (χ2v) is 4.35. The molecule has 1 heterocycles. The number of hydrogen-bond donors (Lipinski definition) is 1. The van der Waals surface area contributed by atoms with Gasteiger partial charge < -0.3 is 10.3 Å². The van der Waals surface area contributed by atoms with Gasteiger partial charge in [-0.25, -0.2) is 4.98 Å². The first kappa shape index (κ1) is 14.0. The zero-order valence-electron chi connectivity index (χ0n) is 10.4. The van der Waals surface area contributed by atoms with Gasteiger partial charge in [0.2, 0.25) is 0 Å². The van der Waals surface area contributed by atoms with Crippen LogP contribution in [0.3, 0.4) is 0 Å². The number of aryl methyl sites for hydroxylation is 1. The Bertz CT molecular complexity index is 476. The molecule has 2 N–H and O–H groups in total. The summed E-state index contributed by atoms with van der Waals surface area (Å²) in [7, 11) is 0. The average molecular weight is 254 g/mol. The molecular weight excluding hydrogens is 234 g/mol. The highest BCUT2D eigenvalue weighted by atomic mass is 35.5. The molecule has 0 saturated carbocycles. The number of benzene rings is 1. The SMILES string of the molecule is CCCn1c(CC(C)N)nc2ccccc21.Cl. The molecule has 1 unspecified atom stereocenters. The molecule has 1 atom stereocenters. The summed E-state index contributed by atoms with van der Waals surface area (Å²) in [5, 5.41) is 0. The van der Waals surface area contributed by atoms with Crippen molar-refractivity contribution in [2.45, 2.75) is 39.3 Å². The van der Waals surface area contributed by atoms with Gasteiger partial charge in [0.15, 0.2) is 0 Å². The molecule has 0 fully saturated rings. The van der Waals surface area contributed by atoms with Crippen molar-refractivity contribution in [3.8, 4) is 0 Å². The number of fused-ring (bicyclic) bond motifs is 1. The molecule has 0 aliphatic heterocycles. The van der Waals surface area contributed by atoms with Gasteiger partial charge in [0.05, 0.1) is 11.0 Å². The quantitative estimate of drug-likeness (QED) is 0.911. The zero-order valence-corrected chi connectivity index (χ0v) is 11.2. The highest BCUT2D eigenvalue weighted by Crippen LogP contribution is 2.17. The fraction of sp³-hybridized carbons (Fsp3) is 0.462. The van der Waals surface area contributed by atoms with E-state index in [1.807, 2.05) is 13.0 Å². The van der Waals surface area contributed by atoms with Crippen molar-refractivity contribution < 1.29 is 0 Å². The molecule has 2 aromatic rings. The summed E-state index contributed by atoms with van der Waals surface area (Å²) < 4.78 is 2.29. The van der Waals surface area contributed by atoms with Crippen LogP contribution in [0.4, 0.5) is 0 Å².